The van der Waals surface area contributed by atoms with Crippen molar-refractivity contribution in [1.29, 1.82) is 0 Å². The van der Waals surface area contributed by atoms with Crippen LogP contribution >= 0.6 is 0 Å². The van der Waals surface area contributed by atoms with Crippen LogP contribution in [0.1, 0.15) is 10.4 Å². The largest absolute Gasteiger partial charge is 0.482 e. The second-order valence-corrected chi connectivity index (χ2v) is 2.81. The molecule has 6 nitrogen and oxygen atoms in total. The maximum absolute atomic E-state index is 10.6. The highest BCUT2D eigenvalue weighted by molar-refractivity contribution is 5.89. The number of rotatable bonds is 4. The Morgan fingerprint density at radius 1 is 1.40 bits per heavy atom. The fraction of sp³-hybridized carbons (Fsp3) is 0.111. The molecule has 0 bridgehead atoms. The normalized spacial score (nSPS) is 9.60. The number of benzene rings is 1. The van der Waals surface area contributed by atoms with Gasteiger partial charge in [0.2, 0.25) is 0 Å². The van der Waals surface area contributed by atoms with Crippen molar-refractivity contribution >= 4 is 17.6 Å². The van der Waals surface area contributed by atoms with E-state index in [9.17, 15) is 9.59 Å². The van der Waals surface area contributed by atoms with Crippen LogP contribution in [0, 0.1) is 0 Å². The molecule has 0 unspecified atom stereocenters. The minimum absolute atomic E-state index is 0.0312. The summed E-state index contributed by atoms with van der Waals surface area (Å²) < 4.78 is 4.93. The lowest BCUT2D eigenvalue weighted by molar-refractivity contribution is -0.119. The molecule has 0 heterocycles. The summed E-state index contributed by atoms with van der Waals surface area (Å²) in [5, 5.41) is 8.69. The van der Waals surface area contributed by atoms with Crippen LogP contribution in [0.5, 0.6) is 5.75 Å². The first-order valence-corrected chi connectivity index (χ1v) is 4.04. The van der Waals surface area contributed by atoms with Gasteiger partial charge in [0, 0.05) is 0 Å². The Kier molecular flexibility index (Phi) is 3.12. The van der Waals surface area contributed by atoms with E-state index in [2.05, 4.69) is 0 Å². The summed E-state index contributed by atoms with van der Waals surface area (Å²) in [5.74, 6) is -1.62. The highest BCUT2D eigenvalue weighted by Gasteiger charge is 2.08. The number of ether oxygens (including phenoxy) is 1. The standard InChI is InChI=1S/C9H10N2O4/c10-6-2-1-5(9(13)14)3-7(6)15-4-8(11)12/h1-3H,4,10H2,(H2,11,12)(H,13,14). The van der Waals surface area contributed by atoms with E-state index in [4.69, 9.17) is 21.3 Å². The Balaban J connectivity index is 2.90. The monoisotopic (exact) mass is 210 g/mol. The Hall–Kier alpha value is -2.24. The molecule has 1 aromatic rings. The number of aromatic carboxylic acids is 1. The SMILES string of the molecule is NC(=O)COc1cc(C(=O)O)ccc1N. The fourth-order valence-electron chi connectivity index (χ4n) is 0.941. The van der Waals surface area contributed by atoms with Gasteiger partial charge in [0.25, 0.3) is 5.91 Å². The lowest BCUT2D eigenvalue weighted by atomic mass is 10.2. The lowest BCUT2D eigenvalue weighted by Crippen LogP contribution is -2.20. The molecule has 0 aliphatic carbocycles. The molecule has 0 aromatic heterocycles. The molecule has 1 amide bonds. The van der Waals surface area contributed by atoms with E-state index in [1.54, 1.807) is 0 Å². The summed E-state index contributed by atoms with van der Waals surface area (Å²) in [6, 6.07) is 3.97. The average Bonchev–Trinajstić information content (AvgIpc) is 2.16. The van der Waals surface area contributed by atoms with Crippen LogP contribution in [0.15, 0.2) is 18.2 Å². The quantitative estimate of drug-likeness (QED) is 0.596. The van der Waals surface area contributed by atoms with Crippen molar-refractivity contribution in [2.45, 2.75) is 0 Å². The molecule has 0 aliphatic rings. The van der Waals surface area contributed by atoms with Crippen molar-refractivity contribution in [1.82, 2.24) is 0 Å². The zero-order chi connectivity index (χ0) is 11.4. The molecule has 1 rings (SSSR count). The highest BCUT2D eigenvalue weighted by Crippen LogP contribution is 2.22. The zero-order valence-electron chi connectivity index (χ0n) is 7.77. The summed E-state index contributed by atoms with van der Waals surface area (Å²) in [7, 11) is 0. The Morgan fingerprint density at radius 2 is 2.07 bits per heavy atom. The van der Waals surface area contributed by atoms with Crippen molar-refractivity contribution in [2.24, 2.45) is 5.73 Å². The number of carbonyl (C=O) groups is 2. The molecule has 0 saturated heterocycles. The summed E-state index contributed by atoms with van der Waals surface area (Å²) in [5.41, 5.74) is 10.7. The molecule has 6 heteroatoms. The minimum atomic E-state index is -1.10. The van der Waals surface area contributed by atoms with Crippen molar-refractivity contribution < 1.29 is 19.4 Å². The maximum Gasteiger partial charge on any atom is 0.335 e. The average molecular weight is 210 g/mol. The van der Waals surface area contributed by atoms with Gasteiger partial charge in [-0.2, -0.15) is 0 Å². The molecule has 1 aromatic carbocycles. The number of carbonyl (C=O) groups excluding carboxylic acids is 1. The molecule has 0 aliphatic heterocycles. The van der Waals surface area contributed by atoms with Crippen LogP contribution in [-0.4, -0.2) is 23.6 Å². The number of amides is 1. The number of hydrogen-bond donors (Lipinski definition) is 3. The zero-order valence-corrected chi connectivity index (χ0v) is 7.77. The second-order valence-electron chi connectivity index (χ2n) is 2.81. The molecule has 0 atom stereocenters. The van der Waals surface area contributed by atoms with Gasteiger partial charge in [-0.05, 0) is 18.2 Å². The van der Waals surface area contributed by atoms with Gasteiger partial charge in [0.15, 0.2) is 6.61 Å². The van der Waals surface area contributed by atoms with Crippen LogP contribution in [0.25, 0.3) is 0 Å². The van der Waals surface area contributed by atoms with Crippen molar-refractivity contribution in [2.75, 3.05) is 12.3 Å². The van der Waals surface area contributed by atoms with Gasteiger partial charge in [-0.15, -0.1) is 0 Å². The maximum atomic E-state index is 10.6. The van der Waals surface area contributed by atoms with Crippen LogP contribution in [0.4, 0.5) is 5.69 Å². The number of carboxylic acid groups (broad SMARTS) is 1. The summed E-state index contributed by atoms with van der Waals surface area (Å²) in [6.07, 6.45) is 0. The van der Waals surface area contributed by atoms with E-state index in [0.717, 1.165) is 0 Å². The van der Waals surface area contributed by atoms with Crippen molar-refractivity contribution in [3.05, 3.63) is 23.8 Å². The number of nitrogens with two attached hydrogens (primary N) is 2. The topological polar surface area (TPSA) is 116 Å². The molecule has 0 saturated carbocycles. The number of nitrogen functional groups attached to an aromatic ring is 1. The molecule has 0 radical (unpaired) electrons. The first kappa shape index (κ1) is 10.8. The molecular formula is C9H10N2O4. The minimum Gasteiger partial charge on any atom is -0.482 e. The molecule has 5 N–H and O–H groups in total. The molecule has 15 heavy (non-hydrogen) atoms. The van der Waals surface area contributed by atoms with Crippen LogP contribution in [0.2, 0.25) is 0 Å². The third-order valence-corrected chi connectivity index (χ3v) is 1.63. The van der Waals surface area contributed by atoms with Crippen molar-refractivity contribution in [3.8, 4) is 5.75 Å². The van der Waals surface area contributed by atoms with E-state index in [0.29, 0.717) is 0 Å². The Morgan fingerprint density at radius 3 is 2.60 bits per heavy atom. The van der Waals surface area contributed by atoms with E-state index in [1.165, 1.54) is 18.2 Å². The van der Waals surface area contributed by atoms with Crippen LogP contribution < -0.4 is 16.2 Å². The van der Waals surface area contributed by atoms with Crippen LogP contribution in [0.3, 0.4) is 0 Å². The molecule has 0 spiro atoms. The Bertz CT molecular complexity index is 403. The number of carboxylic acids is 1. The van der Waals surface area contributed by atoms with Gasteiger partial charge >= 0.3 is 5.97 Å². The predicted molar refractivity (Wildman–Crippen MR) is 52.5 cm³/mol. The molecule has 0 fully saturated rings. The van der Waals surface area contributed by atoms with Gasteiger partial charge in [0.05, 0.1) is 11.3 Å². The number of hydrogen-bond acceptors (Lipinski definition) is 4. The summed E-state index contributed by atoms with van der Waals surface area (Å²) >= 11 is 0. The van der Waals surface area contributed by atoms with E-state index in [-0.39, 0.29) is 23.6 Å². The third-order valence-electron chi connectivity index (χ3n) is 1.63. The summed E-state index contributed by atoms with van der Waals surface area (Å²) in [6.45, 7) is -0.340. The lowest BCUT2D eigenvalue weighted by Gasteiger charge is -2.07. The second kappa shape index (κ2) is 4.32. The number of anilines is 1. The van der Waals surface area contributed by atoms with Gasteiger partial charge in [-0.3, -0.25) is 4.79 Å². The first-order chi connectivity index (χ1) is 7.00. The first-order valence-electron chi connectivity index (χ1n) is 4.04. The third kappa shape index (κ3) is 2.87. The van der Waals surface area contributed by atoms with E-state index >= 15 is 0 Å². The highest BCUT2D eigenvalue weighted by atomic mass is 16.5. The van der Waals surface area contributed by atoms with E-state index in [1.807, 2.05) is 0 Å². The van der Waals surface area contributed by atoms with Crippen LogP contribution in [-0.2, 0) is 4.79 Å². The molecular weight excluding hydrogens is 200 g/mol. The van der Waals surface area contributed by atoms with E-state index < -0.39 is 11.9 Å². The molecule has 80 valence electrons. The predicted octanol–water partition coefficient (Wildman–Crippen LogP) is -0.169. The summed E-state index contributed by atoms with van der Waals surface area (Å²) in [4.78, 5) is 21.1. The van der Waals surface area contributed by atoms with Gasteiger partial charge in [0.1, 0.15) is 5.75 Å². The number of primary amides is 1. The van der Waals surface area contributed by atoms with Crippen molar-refractivity contribution in [3.63, 3.8) is 0 Å². The fourth-order valence-corrected chi connectivity index (χ4v) is 0.941. The van der Waals surface area contributed by atoms with Gasteiger partial charge < -0.3 is 21.3 Å². The smallest absolute Gasteiger partial charge is 0.335 e. The Labute approximate surface area is 85.4 Å². The van der Waals surface area contributed by atoms with Gasteiger partial charge in [-0.25, -0.2) is 4.79 Å². The van der Waals surface area contributed by atoms with Gasteiger partial charge in [-0.1, -0.05) is 0 Å².